The molecule has 2 aromatic rings. The fraction of sp³-hybridized carbons (Fsp3) is 0.211. The summed E-state index contributed by atoms with van der Waals surface area (Å²) in [7, 11) is 0. The van der Waals surface area contributed by atoms with Crippen LogP contribution >= 0.6 is 0 Å². The van der Waals surface area contributed by atoms with Crippen LogP contribution in [0, 0.1) is 12.8 Å². The van der Waals surface area contributed by atoms with E-state index in [4.69, 9.17) is 5.11 Å². The second-order valence-corrected chi connectivity index (χ2v) is 6.27. The van der Waals surface area contributed by atoms with Crippen molar-refractivity contribution in [3.63, 3.8) is 0 Å². The normalized spacial score (nSPS) is 16.6. The van der Waals surface area contributed by atoms with Gasteiger partial charge in [0.1, 0.15) is 11.3 Å². The lowest BCUT2D eigenvalue weighted by Crippen LogP contribution is -2.28. The van der Waals surface area contributed by atoms with E-state index in [1.807, 2.05) is 31.2 Å². The van der Waals surface area contributed by atoms with E-state index in [1.165, 1.54) is 18.2 Å². The lowest BCUT2D eigenvalue weighted by atomic mass is 10.1. The Balaban J connectivity index is 1.69. The lowest BCUT2D eigenvalue weighted by Gasteiger charge is -2.17. The van der Waals surface area contributed by atoms with Crippen LogP contribution in [-0.4, -0.2) is 34.5 Å². The number of carboxylic acids is 1. The van der Waals surface area contributed by atoms with Crippen molar-refractivity contribution in [1.82, 2.24) is 0 Å². The fourth-order valence-electron chi connectivity index (χ4n) is 2.89. The topological polar surface area (TPSA) is 107 Å². The van der Waals surface area contributed by atoms with Crippen molar-refractivity contribution in [2.24, 2.45) is 5.92 Å². The highest BCUT2D eigenvalue weighted by Gasteiger charge is 2.35. The third-order valence-corrected chi connectivity index (χ3v) is 4.34. The second kappa shape index (κ2) is 6.87. The molecule has 1 unspecified atom stereocenters. The van der Waals surface area contributed by atoms with E-state index in [1.54, 1.807) is 4.90 Å². The van der Waals surface area contributed by atoms with E-state index in [0.717, 1.165) is 11.3 Å². The van der Waals surface area contributed by atoms with E-state index in [2.05, 4.69) is 5.32 Å². The van der Waals surface area contributed by atoms with Crippen LogP contribution in [0.4, 0.5) is 11.4 Å². The van der Waals surface area contributed by atoms with E-state index in [9.17, 15) is 19.5 Å². The lowest BCUT2D eigenvalue weighted by molar-refractivity contribution is -0.122. The molecule has 26 heavy (non-hydrogen) atoms. The molecule has 134 valence electrons. The fourth-order valence-corrected chi connectivity index (χ4v) is 2.89. The van der Waals surface area contributed by atoms with Gasteiger partial charge in [0, 0.05) is 30.4 Å². The van der Waals surface area contributed by atoms with Gasteiger partial charge in [-0.2, -0.15) is 0 Å². The molecule has 3 rings (SSSR count). The first-order valence-electron chi connectivity index (χ1n) is 8.09. The molecule has 0 radical (unpaired) electrons. The molecule has 1 atom stereocenters. The Hall–Kier alpha value is -3.35. The molecule has 1 saturated heterocycles. The molecule has 2 amide bonds. The number of benzene rings is 2. The van der Waals surface area contributed by atoms with Crippen molar-refractivity contribution in [3.8, 4) is 5.75 Å². The summed E-state index contributed by atoms with van der Waals surface area (Å²) in [6, 6.07) is 11.3. The van der Waals surface area contributed by atoms with E-state index >= 15 is 0 Å². The number of anilines is 2. The average molecular weight is 354 g/mol. The molecular formula is C19H18N2O5. The van der Waals surface area contributed by atoms with E-state index in [0.29, 0.717) is 0 Å². The monoisotopic (exact) mass is 354 g/mol. The molecular weight excluding hydrogens is 336 g/mol. The molecule has 1 aliphatic rings. The molecule has 2 aromatic carbocycles. The third kappa shape index (κ3) is 3.51. The molecule has 0 saturated carbocycles. The van der Waals surface area contributed by atoms with Crippen LogP contribution in [0.15, 0.2) is 42.5 Å². The Bertz CT molecular complexity index is 876. The number of hydrogen-bond acceptors (Lipinski definition) is 4. The molecule has 0 spiro atoms. The van der Waals surface area contributed by atoms with Gasteiger partial charge >= 0.3 is 5.97 Å². The molecule has 1 fully saturated rings. The SMILES string of the molecule is Cc1ccc(N2CC(C(=O)Nc3ccc(C(=O)O)c(O)c3)CC2=O)cc1. The standard InChI is InChI=1S/C19H18N2O5/c1-11-2-5-14(6-3-11)21-10-12(8-17(21)23)18(24)20-13-4-7-15(19(25)26)16(22)9-13/h2-7,9,12,22H,8,10H2,1H3,(H,20,24)(H,25,26). The minimum atomic E-state index is -1.25. The predicted molar refractivity (Wildman–Crippen MR) is 95.3 cm³/mol. The predicted octanol–water partition coefficient (Wildman–Crippen LogP) is 2.39. The van der Waals surface area contributed by atoms with Crippen molar-refractivity contribution in [3.05, 3.63) is 53.6 Å². The summed E-state index contributed by atoms with van der Waals surface area (Å²) in [5.41, 5.74) is 1.86. The second-order valence-electron chi connectivity index (χ2n) is 6.27. The Morgan fingerprint density at radius 1 is 1.15 bits per heavy atom. The van der Waals surface area contributed by atoms with Crippen molar-refractivity contribution >= 4 is 29.2 Å². The van der Waals surface area contributed by atoms with Crippen molar-refractivity contribution in [1.29, 1.82) is 0 Å². The minimum Gasteiger partial charge on any atom is -0.507 e. The van der Waals surface area contributed by atoms with Gasteiger partial charge in [-0.1, -0.05) is 17.7 Å². The zero-order chi connectivity index (χ0) is 18.8. The maximum Gasteiger partial charge on any atom is 0.339 e. The molecule has 1 aliphatic heterocycles. The highest BCUT2D eigenvalue weighted by atomic mass is 16.4. The number of aromatic carboxylic acids is 1. The van der Waals surface area contributed by atoms with Crippen molar-refractivity contribution in [2.45, 2.75) is 13.3 Å². The highest BCUT2D eigenvalue weighted by molar-refractivity contribution is 6.03. The van der Waals surface area contributed by atoms with Crippen molar-refractivity contribution in [2.75, 3.05) is 16.8 Å². The van der Waals surface area contributed by atoms with Gasteiger partial charge in [-0.3, -0.25) is 9.59 Å². The Kier molecular flexibility index (Phi) is 4.62. The van der Waals surface area contributed by atoms with Crippen LogP contribution in [0.5, 0.6) is 5.75 Å². The average Bonchev–Trinajstić information content (AvgIpc) is 2.97. The summed E-state index contributed by atoms with van der Waals surface area (Å²) in [5, 5.41) is 21.2. The number of amides is 2. The van der Waals surface area contributed by atoms with Gasteiger partial charge in [0.2, 0.25) is 11.8 Å². The number of aryl methyl sites for hydroxylation is 1. The van der Waals surface area contributed by atoms with Gasteiger partial charge in [0.25, 0.3) is 0 Å². The van der Waals surface area contributed by atoms with Gasteiger partial charge in [-0.15, -0.1) is 0 Å². The largest absolute Gasteiger partial charge is 0.507 e. The Morgan fingerprint density at radius 3 is 2.46 bits per heavy atom. The number of aromatic hydroxyl groups is 1. The van der Waals surface area contributed by atoms with Gasteiger partial charge < -0.3 is 20.4 Å². The molecule has 0 bridgehead atoms. The van der Waals surface area contributed by atoms with Gasteiger partial charge in [-0.25, -0.2) is 4.79 Å². The van der Waals surface area contributed by atoms with Gasteiger partial charge in [-0.05, 0) is 31.2 Å². The Morgan fingerprint density at radius 2 is 1.85 bits per heavy atom. The minimum absolute atomic E-state index is 0.0961. The number of carbonyl (C=O) groups excluding carboxylic acids is 2. The third-order valence-electron chi connectivity index (χ3n) is 4.34. The number of nitrogens with one attached hydrogen (secondary N) is 1. The number of hydrogen-bond donors (Lipinski definition) is 3. The summed E-state index contributed by atoms with van der Waals surface area (Å²) < 4.78 is 0. The van der Waals surface area contributed by atoms with Gasteiger partial charge in [0.05, 0.1) is 5.92 Å². The summed E-state index contributed by atoms with van der Waals surface area (Å²) in [5.74, 6) is -2.69. The smallest absolute Gasteiger partial charge is 0.339 e. The highest BCUT2D eigenvalue weighted by Crippen LogP contribution is 2.27. The number of rotatable bonds is 4. The summed E-state index contributed by atoms with van der Waals surface area (Å²) in [4.78, 5) is 37.2. The van der Waals surface area contributed by atoms with E-state index in [-0.39, 0.29) is 36.0 Å². The molecule has 7 heteroatoms. The molecule has 1 heterocycles. The number of phenols is 1. The number of nitrogens with zero attached hydrogens (tertiary/aromatic N) is 1. The quantitative estimate of drug-likeness (QED) is 0.781. The molecule has 0 aliphatic carbocycles. The number of carboxylic acid groups (broad SMARTS) is 1. The zero-order valence-electron chi connectivity index (χ0n) is 14.1. The molecule has 7 nitrogen and oxygen atoms in total. The molecule has 3 N–H and O–H groups in total. The van der Waals surface area contributed by atoms with Crippen molar-refractivity contribution < 1.29 is 24.6 Å². The van der Waals surface area contributed by atoms with Crippen LogP contribution in [0.25, 0.3) is 0 Å². The Labute approximate surface area is 149 Å². The summed E-state index contributed by atoms with van der Waals surface area (Å²) in [6.45, 7) is 2.23. The van der Waals surface area contributed by atoms with Crippen LogP contribution < -0.4 is 10.2 Å². The van der Waals surface area contributed by atoms with Crippen LogP contribution in [0.2, 0.25) is 0 Å². The maximum atomic E-state index is 12.4. The van der Waals surface area contributed by atoms with Gasteiger partial charge in [0.15, 0.2) is 0 Å². The molecule has 0 aromatic heterocycles. The number of carbonyl (C=O) groups is 3. The van der Waals surface area contributed by atoms with E-state index < -0.39 is 17.6 Å². The zero-order valence-corrected chi connectivity index (χ0v) is 14.1. The van der Waals surface area contributed by atoms with Crippen LogP contribution in [0.1, 0.15) is 22.3 Å². The summed E-state index contributed by atoms with van der Waals surface area (Å²) >= 11 is 0. The summed E-state index contributed by atoms with van der Waals surface area (Å²) in [6.07, 6.45) is 0.0961. The first kappa shape index (κ1) is 17.5. The maximum absolute atomic E-state index is 12.4. The first-order valence-corrected chi connectivity index (χ1v) is 8.09. The first-order chi connectivity index (χ1) is 12.3. The van der Waals surface area contributed by atoms with Crippen LogP contribution in [0.3, 0.4) is 0 Å². The van der Waals surface area contributed by atoms with Crippen LogP contribution in [-0.2, 0) is 9.59 Å².